The minimum atomic E-state index is -0.480. The minimum Gasteiger partial charge on any atom is -0.504 e. The van der Waals surface area contributed by atoms with E-state index in [0.29, 0.717) is 0 Å². The average Bonchev–Trinajstić information content (AvgIpc) is 2.12. The van der Waals surface area contributed by atoms with E-state index >= 15 is 0 Å². The maximum atomic E-state index is 9.19. The molecule has 72 valence electrons. The Labute approximate surface area is 76.5 Å². The lowest BCUT2D eigenvalue weighted by molar-refractivity contribution is 0.366. The molecule has 0 amide bonds. The third-order valence-electron chi connectivity index (χ3n) is 2.03. The lowest BCUT2D eigenvalue weighted by atomic mass is 10.1. The summed E-state index contributed by atoms with van der Waals surface area (Å²) in [5, 5.41) is 30.4. The van der Waals surface area contributed by atoms with E-state index in [4.69, 9.17) is 5.11 Å². The quantitative estimate of drug-likeness (QED) is 0.518. The number of phenols is 3. The zero-order chi connectivity index (χ0) is 10.0. The molecular weight excluding hydrogens is 170 g/mol. The highest BCUT2D eigenvalue weighted by Crippen LogP contribution is 2.36. The predicted molar refractivity (Wildman–Crippen MR) is 48.9 cm³/mol. The van der Waals surface area contributed by atoms with E-state index in [1.54, 1.807) is 7.05 Å². The molecule has 0 aliphatic rings. The second-order valence-corrected chi connectivity index (χ2v) is 2.92. The van der Waals surface area contributed by atoms with Crippen molar-refractivity contribution in [3.63, 3.8) is 0 Å². The van der Waals surface area contributed by atoms with Gasteiger partial charge in [-0.05, 0) is 31.7 Å². The van der Waals surface area contributed by atoms with Crippen LogP contribution in [0, 0.1) is 0 Å². The van der Waals surface area contributed by atoms with Crippen LogP contribution in [0.15, 0.2) is 12.1 Å². The zero-order valence-corrected chi connectivity index (χ0v) is 7.57. The molecule has 1 rings (SSSR count). The maximum Gasteiger partial charge on any atom is 0.200 e. The lowest BCUT2D eigenvalue weighted by Crippen LogP contribution is -2.11. The average molecular weight is 183 g/mol. The predicted octanol–water partition coefficient (Wildman–Crippen LogP) is 1.08. The normalized spacial score (nSPS) is 12.8. The minimum absolute atomic E-state index is 0.0115. The van der Waals surface area contributed by atoms with Gasteiger partial charge >= 0.3 is 0 Å². The van der Waals surface area contributed by atoms with Crippen LogP contribution in [0.3, 0.4) is 0 Å². The van der Waals surface area contributed by atoms with Crippen LogP contribution < -0.4 is 5.32 Å². The molecular formula is C9H13NO3. The topological polar surface area (TPSA) is 72.7 Å². The molecule has 0 aromatic heterocycles. The van der Waals surface area contributed by atoms with Gasteiger partial charge in [-0.1, -0.05) is 0 Å². The molecule has 1 aromatic carbocycles. The summed E-state index contributed by atoms with van der Waals surface area (Å²) in [6, 6.07) is 2.84. The number of hydrogen-bond donors (Lipinski definition) is 4. The van der Waals surface area contributed by atoms with Crippen molar-refractivity contribution in [2.75, 3.05) is 7.05 Å². The van der Waals surface area contributed by atoms with Gasteiger partial charge in [0.2, 0.25) is 0 Å². The first-order valence-electron chi connectivity index (χ1n) is 3.98. The summed E-state index contributed by atoms with van der Waals surface area (Å²) in [6.07, 6.45) is 0. The summed E-state index contributed by atoms with van der Waals surface area (Å²) in [6.45, 7) is 1.88. The highest BCUT2D eigenvalue weighted by atomic mass is 16.3. The highest BCUT2D eigenvalue weighted by molar-refractivity contribution is 5.51. The van der Waals surface area contributed by atoms with Crippen molar-refractivity contribution in [2.45, 2.75) is 13.0 Å². The summed E-state index contributed by atoms with van der Waals surface area (Å²) < 4.78 is 0. The summed E-state index contributed by atoms with van der Waals surface area (Å²) in [5.74, 6) is -1.10. The van der Waals surface area contributed by atoms with Crippen molar-refractivity contribution < 1.29 is 15.3 Å². The van der Waals surface area contributed by atoms with Crippen molar-refractivity contribution in [3.8, 4) is 17.2 Å². The summed E-state index contributed by atoms with van der Waals surface area (Å²) >= 11 is 0. The van der Waals surface area contributed by atoms with Crippen LogP contribution in [0.5, 0.6) is 17.2 Å². The van der Waals surface area contributed by atoms with Crippen LogP contribution >= 0.6 is 0 Å². The van der Waals surface area contributed by atoms with Gasteiger partial charge in [-0.3, -0.25) is 0 Å². The molecule has 0 unspecified atom stereocenters. The smallest absolute Gasteiger partial charge is 0.200 e. The van der Waals surface area contributed by atoms with Crippen molar-refractivity contribution >= 4 is 0 Å². The SMILES string of the molecule is CN[C@H](C)c1cc(O)c(O)c(O)c1. The first kappa shape index (κ1) is 9.67. The van der Waals surface area contributed by atoms with Gasteiger partial charge in [0.15, 0.2) is 17.2 Å². The van der Waals surface area contributed by atoms with E-state index in [0.717, 1.165) is 5.56 Å². The Balaban J connectivity index is 3.13. The van der Waals surface area contributed by atoms with E-state index in [1.807, 2.05) is 6.92 Å². The number of phenolic OH excluding ortho intramolecular Hbond substituents is 3. The van der Waals surface area contributed by atoms with Crippen molar-refractivity contribution in [1.82, 2.24) is 5.32 Å². The van der Waals surface area contributed by atoms with Gasteiger partial charge in [-0.25, -0.2) is 0 Å². The molecule has 0 aliphatic heterocycles. The molecule has 0 spiro atoms. The van der Waals surface area contributed by atoms with Crippen LogP contribution in [0.4, 0.5) is 0 Å². The van der Waals surface area contributed by atoms with Gasteiger partial charge in [-0.15, -0.1) is 0 Å². The van der Waals surface area contributed by atoms with Crippen molar-refractivity contribution in [1.29, 1.82) is 0 Å². The summed E-state index contributed by atoms with van der Waals surface area (Å²) in [7, 11) is 1.77. The van der Waals surface area contributed by atoms with Crippen LogP contribution in [0.2, 0.25) is 0 Å². The Bertz CT molecular complexity index is 289. The van der Waals surface area contributed by atoms with Gasteiger partial charge in [0.05, 0.1) is 0 Å². The fraction of sp³-hybridized carbons (Fsp3) is 0.333. The molecule has 4 heteroatoms. The van der Waals surface area contributed by atoms with Gasteiger partial charge < -0.3 is 20.6 Å². The maximum absolute atomic E-state index is 9.19. The van der Waals surface area contributed by atoms with Gasteiger partial charge in [0.25, 0.3) is 0 Å². The lowest BCUT2D eigenvalue weighted by Gasteiger charge is -2.12. The van der Waals surface area contributed by atoms with Gasteiger partial charge in [0.1, 0.15) is 0 Å². The Morgan fingerprint density at radius 2 is 1.62 bits per heavy atom. The standard InChI is InChI=1S/C9H13NO3/c1-5(10-2)6-3-7(11)9(13)8(12)4-6/h3-5,10-13H,1-2H3/t5-/m1/s1. The number of benzene rings is 1. The van der Waals surface area contributed by atoms with E-state index in [1.165, 1.54) is 12.1 Å². The van der Waals surface area contributed by atoms with Crippen molar-refractivity contribution in [2.24, 2.45) is 0 Å². The number of hydrogen-bond acceptors (Lipinski definition) is 4. The molecule has 4 nitrogen and oxygen atoms in total. The highest BCUT2D eigenvalue weighted by Gasteiger charge is 2.10. The van der Waals surface area contributed by atoms with E-state index in [2.05, 4.69) is 5.32 Å². The molecule has 0 saturated carbocycles. The van der Waals surface area contributed by atoms with E-state index < -0.39 is 5.75 Å². The first-order chi connectivity index (χ1) is 6.06. The molecule has 0 radical (unpaired) electrons. The van der Waals surface area contributed by atoms with Crippen LogP contribution in [-0.4, -0.2) is 22.4 Å². The summed E-state index contributed by atoms with van der Waals surface area (Å²) in [4.78, 5) is 0. The molecule has 13 heavy (non-hydrogen) atoms. The third-order valence-corrected chi connectivity index (χ3v) is 2.03. The fourth-order valence-corrected chi connectivity index (χ4v) is 1.04. The largest absolute Gasteiger partial charge is 0.504 e. The number of rotatable bonds is 2. The molecule has 0 bridgehead atoms. The van der Waals surface area contributed by atoms with Crippen LogP contribution in [-0.2, 0) is 0 Å². The van der Waals surface area contributed by atoms with Crippen LogP contribution in [0.25, 0.3) is 0 Å². The third kappa shape index (κ3) is 1.84. The fourth-order valence-electron chi connectivity index (χ4n) is 1.04. The Morgan fingerprint density at radius 1 is 1.15 bits per heavy atom. The zero-order valence-electron chi connectivity index (χ0n) is 7.57. The second-order valence-electron chi connectivity index (χ2n) is 2.92. The van der Waals surface area contributed by atoms with E-state index in [-0.39, 0.29) is 17.5 Å². The molecule has 4 N–H and O–H groups in total. The summed E-state index contributed by atoms with van der Waals surface area (Å²) in [5.41, 5.74) is 0.718. The second kappa shape index (κ2) is 3.53. The molecule has 1 aromatic rings. The molecule has 0 fully saturated rings. The number of aromatic hydroxyl groups is 3. The van der Waals surface area contributed by atoms with Crippen LogP contribution in [0.1, 0.15) is 18.5 Å². The van der Waals surface area contributed by atoms with E-state index in [9.17, 15) is 10.2 Å². The molecule has 0 saturated heterocycles. The molecule has 1 atom stereocenters. The number of nitrogens with one attached hydrogen (secondary N) is 1. The molecule has 0 heterocycles. The Hall–Kier alpha value is -1.42. The monoisotopic (exact) mass is 183 g/mol. The molecule has 0 aliphatic carbocycles. The Morgan fingerprint density at radius 3 is 2.00 bits per heavy atom. The Kier molecular flexibility index (Phi) is 2.63. The van der Waals surface area contributed by atoms with Crippen molar-refractivity contribution in [3.05, 3.63) is 17.7 Å². The van der Waals surface area contributed by atoms with Gasteiger partial charge in [0, 0.05) is 6.04 Å². The first-order valence-corrected chi connectivity index (χ1v) is 3.98. The van der Waals surface area contributed by atoms with Gasteiger partial charge in [-0.2, -0.15) is 0 Å².